The maximum Gasteiger partial charge on any atom is 0.248 e. The predicted octanol–water partition coefficient (Wildman–Crippen LogP) is 1.87. The average Bonchev–Trinajstić information content (AvgIpc) is 2.82. The van der Waals surface area contributed by atoms with Crippen LogP contribution >= 0.6 is 0 Å². The van der Waals surface area contributed by atoms with Gasteiger partial charge in [-0.3, -0.25) is 0 Å². The molecule has 0 unspecified atom stereocenters. The largest absolute Gasteiger partial charge is 0.435 e. The maximum absolute atomic E-state index is 12.9. The molecule has 0 saturated heterocycles. The van der Waals surface area contributed by atoms with Gasteiger partial charge in [0.2, 0.25) is 5.88 Å². The second-order valence-corrected chi connectivity index (χ2v) is 3.56. The fraction of sp³-hybridized carbons (Fsp3) is 0. The lowest BCUT2D eigenvalue weighted by Gasteiger charge is -2.07. The monoisotopic (exact) mass is 245 g/mol. The van der Waals surface area contributed by atoms with Gasteiger partial charge < -0.3 is 15.5 Å². The third-order valence-corrected chi connectivity index (χ3v) is 2.37. The molecule has 0 atom stereocenters. The maximum atomic E-state index is 12.9. The van der Waals surface area contributed by atoms with E-state index in [1.807, 2.05) is 0 Å². The van der Waals surface area contributed by atoms with E-state index in [0.29, 0.717) is 16.9 Å². The number of benzene rings is 1. The number of ether oxygens (including phenoxy) is 1. The molecular weight excluding hydrogens is 237 g/mol. The molecule has 90 valence electrons. The van der Waals surface area contributed by atoms with Crippen LogP contribution in [-0.2, 0) is 0 Å². The molecule has 3 N–H and O–H groups in total. The van der Waals surface area contributed by atoms with E-state index >= 15 is 0 Å². The summed E-state index contributed by atoms with van der Waals surface area (Å²) in [7, 11) is 0. The molecule has 0 bridgehead atoms. The zero-order valence-electron chi connectivity index (χ0n) is 9.09. The topological polar surface area (TPSA) is 89.7 Å². The van der Waals surface area contributed by atoms with Gasteiger partial charge >= 0.3 is 0 Å². The van der Waals surface area contributed by atoms with Crippen LogP contribution in [0.4, 0.5) is 10.1 Å². The predicted molar refractivity (Wildman–Crippen MR) is 62.6 cm³/mol. The van der Waals surface area contributed by atoms with Crippen LogP contribution in [0.2, 0.25) is 0 Å². The van der Waals surface area contributed by atoms with Crippen molar-refractivity contribution in [2.45, 2.75) is 0 Å². The summed E-state index contributed by atoms with van der Waals surface area (Å²) < 4.78 is 18.4. The first kappa shape index (κ1) is 10.5. The smallest absolute Gasteiger partial charge is 0.248 e. The average molecular weight is 245 g/mol. The molecule has 3 rings (SSSR count). The van der Waals surface area contributed by atoms with Crippen molar-refractivity contribution in [1.29, 1.82) is 0 Å². The van der Waals surface area contributed by atoms with Crippen LogP contribution in [0.1, 0.15) is 0 Å². The van der Waals surface area contributed by atoms with Crippen LogP contribution in [0, 0.1) is 5.82 Å². The summed E-state index contributed by atoms with van der Waals surface area (Å²) >= 11 is 0. The first-order valence-corrected chi connectivity index (χ1v) is 5.11. The molecule has 0 aliphatic carbocycles. The standard InChI is InChI=1S/C11H8FN5O/c12-6-1-2-8(7(13)3-6)18-11-9-10(15-4-14-9)16-5-17-11/h1-5H,13H2,(H,14,15,16,17). The third kappa shape index (κ3) is 1.71. The number of rotatable bonds is 2. The molecule has 1 aromatic carbocycles. The van der Waals surface area contributed by atoms with Gasteiger partial charge in [0.05, 0.1) is 12.0 Å². The van der Waals surface area contributed by atoms with Crippen molar-refractivity contribution in [2.24, 2.45) is 0 Å². The molecule has 0 saturated carbocycles. The fourth-order valence-electron chi connectivity index (χ4n) is 1.54. The van der Waals surface area contributed by atoms with E-state index in [1.165, 1.54) is 30.9 Å². The van der Waals surface area contributed by atoms with Crippen LogP contribution in [0.25, 0.3) is 11.2 Å². The highest BCUT2D eigenvalue weighted by Crippen LogP contribution is 2.29. The van der Waals surface area contributed by atoms with Gasteiger partial charge in [0.25, 0.3) is 0 Å². The van der Waals surface area contributed by atoms with Crippen LogP contribution in [-0.4, -0.2) is 19.9 Å². The number of halogens is 1. The minimum atomic E-state index is -0.422. The Labute approximate surface area is 101 Å². The molecule has 0 aliphatic heterocycles. The van der Waals surface area contributed by atoms with Gasteiger partial charge in [-0.1, -0.05) is 0 Å². The normalized spacial score (nSPS) is 10.7. The number of H-pyrrole nitrogens is 1. The highest BCUT2D eigenvalue weighted by atomic mass is 19.1. The number of hydrogen-bond donors (Lipinski definition) is 2. The first-order chi connectivity index (χ1) is 8.74. The number of fused-ring (bicyclic) bond motifs is 1. The lowest BCUT2D eigenvalue weighted by atomic mass is 10.3. The minimum Gasteiger partial charge on any atom is -0.435 e. The van der Waals surface area contributed by atoms with Gasteiger partial charge in [0.1, 0.15) is 17.7 Å². The quantitative estimate of drug-likeness (QED) is 0.672. The number of nitrogens with two attached hydrogens (primary N) is 1. The van der Waals surface area contributed by atoms with E-state index in [2.05, 4.69) is 19.9 Å². The van der Waals surface area contributed by atoms with Gasteiger partial charge in [-0.05, 0) is 12.1 Å². The Morgan fingerprint density at radius 3 is 2.94 bits per heavy atom. The fourth-order valence-corrected chi connectivity index (χ4v) is 1.54. The molecule has 7 heteroatoms. The van der Waals surface area contributed by atoms with Crippen molar-refractivity contribution in [1.82, 2.24) is 19.9 Å². The number of anilines is 1. The highest BCUT2D eigenvalue weighted by molar-refractivity contribution is 5.75. The first-order valence-electron chi connectivity index (χ1n) is 5.11. The number of nitrogens with one attached hydrogen (secondary N) is 1. The Bertz CT molecular complexity index is 711. The van der Waals surface area contributed by atoms with Crippen LogP contribution in [0.3, 0.4) is 0 Å². The molecule has 3 aromatic rings. The van der Waals surface area contributed by atoms with Crippen LogP contribution in [0.5, 0.6) is 11.6 Å². The zero-order chi connectivity index (χ0) is 12.5. The number of hydrogen-bond acceptors (Lipinski definition) is 5. The lowest BCUT2D eigenvalue weighted by molar-refractivity contribution is 0.468. The molecular formula is C11H8FN5O. The lowest BCUT2D eigenvalue weighted by Crippen LogP contribution is -1.95. The summed E-state index contributed by atoms with van der Waals surface area (Å²) in [6.45, 7) is 0. The zero-order valence-corrected chi connectivity index (χ0v) is 9.09. The van der Waals surface area contributed by atoms with Crippen molar-refractivity contribution in [2.75, 3.05) is 5.73 Å². The van der Waals surface area contributed by atoms with Gasteiger partial charge in [-0.25, -0.2) is 14.4 Å². The van der Waals surface area contributed by atoms with Crippen molar-refractivity contribution >= 4 is 16.9 Å². The molecule has 2 heterocycles. The van der Waals surface area contributed by atoms with E-state index in [-0.39, 0.29) is 11.6 Å². The third-order valence-electron chi connectivity index (χ3n) is 2.37. The highest BCUT2D eigenvalue weighted by Gasteiger charge is 2.10. The van der Waals surface area contributed by atoms with E-state index in [0.717, 1.165) is 0 Å². The molecule has 18 heavy (non-hydrogen) atoms. The Hall–Kier alpha value is -2.70. The Morgan fingerprint density at radius 2 is 2.11 bits per heavy atom. The summed E-state index contributed by atoms with van der Waals surface area (Å²) in [4.78, 5) is 14.8. The minimum absolute atomic E-state index is 0.196. The number of nitrogens with zero attached hydrogens (tertiary/aromatic N) is 3. The second-order valence-electron chi connectivity index (χ2n) is 3.56. The number of imidazole rings is 1. The molecule has 0 aliphatic rings. The summed E-state index contributed by atoms with van der Waals surface area (Å²) in [5, 5.41) is 0. The number of nitrogen functional groups attached to an aromatic ring is 1. The summed E-state index contributed by atoms with van der Waals surface area (Å²) in [6, 6.07) is 3.88. The Kier molecular flexibility index (Phi) is 2.30. The molecule has 0 spiro atoms. The summed E-state index contributed by atoms with van der Waals surface area (Å²) in [5.41, 5.74) is 6.89. The Morgan fingerprint density at radius 1 is 1.22 bits per heavy atom. The van der Waals surface area contributed by atoms with E-state index < -0.39 is 5.82 Å². The SMILES string of the molecule is Nc1cc(F)ccc1Oc1ncnc2nc[nH]c12. The van der Waals surface area contributed by atoms with Crippen molar-refractivity contribution in [3.63, 3.8) is 0 Å². The molecule has 2 aromatic heterocycles. The van der Waals surface area contributed by atoms with Crippen LogP contribution in [0.15, 0.2) is 30.9 Å². The van der Waals surface area contributed by atoms with E-state index in [4.69, 9.17) is 10.5 Å². The van der Waals surface area contributed by atoms with Crippen molar-refractivity contribution in [3.8, 4) is 11.6 Å². The van der Waals surface area contributed by atoms with Gasteiger partial charge in [0.15, 0.2) is 11.4 Å². The van der Waals surface area contributed by atoms with Crippen molar-refractivity contribution < 1.29 is 9.13 Å². The van der Waals surface area contributed by atoms with Crippen molar-refractivity contribution in [3.05, 3.63) is 36.7 Å². The second kappa shape index (κ2) is 3.95. The molecule has 0 radical (unpaired) electrons. The summed E-state index contributed by atoms with van der Waals surface area (Å²) in [5.74, 6) is 0.191. The summed E-state index contributed by atoms with van der Waals surface area (Å²) in [6.07, 6.45) is 2.82. The number of aromatic nitrogens is 4. The van der Waals surface area contributed by atoms with Crippen LogP contribution < -0.4 is 10.5 Å². The molecule has 0 amide bonds. The van der Waals surface area contributed by atoms with E-state index in [9.17, 15) is 4.39 Å². The molecule has 6 nitrogen and oxygen atoms in total. The van der Waals surface area contributed by atoms with E-state index in [1.54, 1.807) is 0 Å². The van der Waals surface area contributed by atoms with Gasteiger partial charge in [-0.2, -0.15) is 4.98 Å². The Balaban J connectivity index is 2.03. The van der Waals surface area contributed by atoms with Gasteiger partial charge in [0, 0.05) is 6.07 Å². The number of aromatic amines is 1. The molecule has 0 fully saturated rings. The van der Waals surface area contributed by atoms with Gasteiger partial charge in [-0.15, -0.1) is 0 Å².